The first-order chi connectivity index (χ1) is 7.77. The molecule has 0 heterocycles. The molecule has 17 heavy (non-hydrogen) atoms. The fourth-order valence-electron chi connectivity index (χ4n) is 1.78. The van der Waals surface area contributed by atoms with Gasteiger partial charge in [0.05, 0.1) is 0 Å². The summed E-state index contributed by atoms with van der Waals surface area (Å²) in [6.45, 7) is 2.69. The minimum atomic E-state index is -1.60. The van der Waals surface area contributed by atoms with Crippen LogP contribution in [-0.2, 0) is 4.65 Å². The number of hydrogen-bond acceptors (Lipinski definition) is 3. The molecule has 0 fully saturated rings. The Balaban J connectivity index is -0.00000112. The average molecular weight is 270 g/mol. The van der Waals surface area contributed by atoms with Crippen LogP contribution in [0, 0.1) is 0 Å². The zero-order valence-electron chi connectivity index (χ0n) is 12.7. The predicted octanol–water partition coefficient (Wildman–Crippen LogP) is 0.00990. The van der Waals surface area contributed by atoms with E-state index in [9.17, 15) is 0 Å². The summed E-state index contributed by atoms with van der Waals surface area (Å²) in [5.41, 5.74) is 0. The van der Waals surface area contributed by atoms with Crippen molar-refractivity contribution in [2.45, 2.75) is 71.1 Å². The monoisotopic (exact) mass is 270 g/mol. The van der Waals surface area contributed by atoms with E-state index in [1.165, 1.54) is 51.4 Å². The van der Waals surface area contributed by atoms with Crippen molar-refractivity contribution in [2.75, 3.05) is 6.61 Å². The van der Waals surface area contributed by atoms with E-state index in [0.717, 1.165) is 12.8 Å². The van der Waals surface area contributed by atoms with E-state index in [0.29, 0.717) is 6.61 Å². The smallest absolute Gasteiger partial charge is 1.00 e. The molecule has 0 aliphatic carbocycles. The van der Waals surface area contributed by atoms with Gasteiger partial charge in [-0.05, 0) is 6.42 Å². The minimum Gasteiger partial charge on any atom is -1.00 e. The van der Waals surface area contributed by atoms with Crippen LogP contribution in [0.3, 0.4) is 0 Å². The first kappa shape index (κ1) is 20.9. The summed E-state index contributed by atoms with van der Waals surface area (Å²) in [5, 5.41) is 16.9. The molecule has 0 aliphatic heterocycles. The van der Waals surface area contributed by atoms with Crippen molar-refractivity contribution in [3.05, 3.63) is 0 Å². The van der Waals surface area contributed by atoms with Gasteiger partial charge >= 0.3 is 58.7 Å². The molecular weight excluding hydrogens is 242 g/mol. The fourth-order valence-corrected chi connectivity index (χ4v) is 1.78. The normalized spacial score (nSPS) is 10.1. The Labute approximate surface area is 151 Å². The molecule has 3 nitrogen and oxygen atoms in total. The van der Waals surface area contributed by atoms with Crippen molar-refractivity contribution in [2.24, 2.45) is 0 Å². The molecular formula is C12H28BKO3. The van der Waals surface area contributed by atoms with Gasteiger partial charge in [0, 0.05) is 6.61 Å². The number of unbranched alkanes of at least 4 members (excludes halogenated alkanes) is 9. The van der Waals surface area contributed by atoms with Gasteiger partial charge in [0.2, 0.25) is 0 Å². The Hall–Kier alpha value is 1.58. The Morgan fingerprint density at radius 1 is 0.824 bits per heavy atom. The summed E-state index contributed by atoms with van der Waals surface area (Å²) in [7, 11) is -1.60. The molecule has 0 radical (unpaired) electrons. The number of rotatable bonds is 12. The van der Waals surface area contributed by atoms with Crippen LogP contribution in [-0.4, -0.2) is 24.0 Å². The third-order valence-electron chi connectivity index (χ3n) is 2.76. The first-order valence-corrected chi connectivity index (χ1v) is 6.75. The van der Waals surface area contributed by atoms with Gasteiger partial charge in [0.1, 0.15) is 0 Å². The molecule has 0 saturated carbocycles. The predicted molar refractivity (Wildman–Crippen MR) is 69.1 cm³/mol. The first-order valence-electron chi connectivity index (χ1n) is 6.75. The van der Waals surface area contributed by atoms with Crippen LogP contribution in [0.15, 0.2) is 0 Å². The van der Waals surface area contributed by atoms with E-state index in [2.05, 4.69) is 11.6 Å². The minimum absolute atomic E-state index is 0. The second-order valence-corrected chi connectivity index (χ2v) is 4.38. The zero-order chi connectivity index (χ0) is 12.1. The van der Waals surface area contributed by atoms with Gasteiger partial charge in [-0.2, -0.15) is 0 Å². The van der Waals surface area contributed by atoms with E-state index in [1.807, 2.05) is 0 Å². The van der Waals surface area contributed by atoms with Crippen LogP contribution in [0.25, 0.3) is 0 Å². The Morgan fingerprint density at radius 3 is 1.65 bits per heavy atom. The molecule has 98 valence electrons. The topological polar surface area (TPSA) is 49.7 Å². The SMILES string of the molecule is CCCCCCCCCCCCOB(O)O.[H-].[K+]. The average Bonchev–Trinajstić information content (AvgIpc) is 2.25. The van der Waals surface area contributed by atoms with Gasteiger partial charge in [-0.1, -0.05) is 64.7 Å². The third kappa shape index (κ3) is 20.1. The van der Waals surface area contributed by atoms with Crippen LogP contribution >= 0.6 is 0 Å². The summed E-state index contributed by atoms with van der Waals surface area (Å²) in [4.78, 5) is 0. The van der Waals surface area contributed by atoms with Crippen molar-refractivity contribution < 1.29 is 67.5 Å². The number of hydrogen-bond donors (Lipinski definition) is 2. The van der Waals surface area contributed by atoms with Gasteiger partial charge < -0.3 is 16.1 Å². The molecule has 0 atom stereocenters. The van der Waals surface area contributed by atoms with E-state index >= 15 is 0 Å². The zero-order valence-corrected chi connectivity index (χ0v) is 14.8. The molecule has 0 bridgehead atoms. The standard InChI is InChI=1S/C12H27BO3.K.H/c1-2-3-4-5-6-7-8-9-10-11-12-16-13(14)15;;/h14-15H,2-12H2,1H3;;/q;+1;-1. The maximum absolute atomic E-state index is 8.43. The quantitative estimate of drug-likeness (QED) is 0.388. The van der Waals surface area contributed by atoms with Crippen LogP contribution in [0.1, 0.15) is 72.6 Å². The molecule has 0 aliphatic rings. The molecule has 0 aromatic rings. The summed E-state index contributed by atoms with van der Waals surface area (Å²) in [6.07, 6.45) is 12.8. The van der Waals surface area contributed by atoms with Crippen molar-refractivity contribution >= 4 is 7.32 Å². The Kier molecular flexibility index (Phi) is 21.6. The van der Waals surface area contributed by atoms with E-state index in [1.54, 1.807) is 0 Å². The molecule has 2 N–H and O–H groups in total. The Morgan fingerprint density at radius 2 is 1.24 bits per heavy atom. The van der Waals surface area contributed by atoms with Gasteiger partial charge in [0.15, 0.2) is 0 Å². The maximum Gasteiger partial charge on any atom is 1.00 e. The van der Waals surface area contributed by atoms with E-state index in [-0.39, 0.29) is 52.8 Å². The molecule has 0 spiro atoms. The van der Waals surface area contributed by atoms with Crippen LogP contribution in [0.5, 0.6) is 0 Å². The second kappa shape index (κ2) is 17.6. The van der Waals surface area contributed by atoms with E-state index < -0.39 is 7.32 Å². The summed E-state index contributed by atoms with van der Waals surface area (Å²) in [6, 6.07) is 0. The molecule has 0 aromatic carbocycles. The second-order valence-electron chi connectivity index (χ2n) is 4.38. The molecule has 0 aromatic heterocycles. The molecule has 0 saturated heterocycles. The van der Waals surface area contributed by atoms with Crippen LogP contribution in [0.4, 0.5) is 0 Å². The van der Waals surface area contributed by atoms with Gasteiger partial charge in [-0.15, -0.1) is 0 Å². The van der Waals surface area contributed by atoms with Crippen LogP contribution < -0.4 is 51.4 Å². The third-order valence-corrected chi connectivity index (χ3v) is 2.76. The summed E-state index contributed by atoms with van der Waals surface area (Å²) in [5.74, 6) is 0. The summed E-state index contributed by atoms with van der Waals surface area (Å²) >= 11 is 0. The molecule has 0 rings (SSSR count). The van der Waals surface area contributed by atoms with Gasteiger partial charge in [0.25, 0.3) is 0 Å². The van der Waals surface area contributed by atoms with E-state index in [4.69, 9.17) is 10.0 Å². The van der Waals surface area contributed by atoms with Crippen molar-refractivity contribution in [1.82, 2.24) is 0 Å². The largest absolute Gasteiger partial charge is 1.00 e. The van der Waals surface area contributed by atoms with Crippen molar-refractivity contribution in [3.63, 3.8) is 0 Å². The van der Waals surface area contributed by atoms with Crippen molar-refractivity contribution in [3.8, 4) is 0 Å². The van der Waals surface area contributed by atoms with Crippen molar-refractivity contribution in [1.29, 1.82) is 0 Å². The Bertz CT molecular complexity index is 142. The molecule has 5 heteroatoms. The van der Waals surface area contributed by atoms with Crippen LogP contribution in [0.2, 0.25) is 0 Å². The molecule has 0 amide bonds. The maximum atomic E-state index is 8.43. The fraction of sp³-hybridized carbons (Fsp3) is 1.00. The molecule has 0 unspecified atom stereocenters. The summed E-state index contributed by atoms with van der Waals surface area (Å²) < 4.78 is 4.62. The van der Waals surface area contributed by atoms with Gasteiger partial charge in [-0.25, -0.2) is 0 Å². The van der Waals surface area contributed by atoms with Gasteiger partial charge in [-0.3, -0.25) is 0 Å².